The molecular weight excluding hydrogens is 354 g/mol. The monoisotopic (exact) mass is 381 g/mol. The first-order chi connectivity index (χ1) is 14.3. The number of hydrogen-bond acceptors (Lipinski definition) is 2. The predicted molar refractivity (Wildman–Crippen MR) is 123 cm³/mol. The van der Waals surface area contributed by atoms with Gasteiger partial charge in [-0.25, -0.2) is 0 Å². The molecule has 2 heteroatoms. The van der Waals surface area contributed by atoms with E-state index < -0.39 is 0 Å². The number of benzene rings is 3. The number of nitrogens with zero attached hydrogens (tertiary/aromatic N) is 1. The van der Waals surface area contributed by atoms with Crippen LogP contribution in [0.4, 0.5) is 0 Å². The Morgan fingerprint density at radius 3 is 2.48 bits per heavy atom. The summed E-state index contributed by atoms with van der Waals surface area (Å²) in [6, 6.07) is 25.5. The van der Waals surface area contributed by atoms with E-state index in [1.165, 1.54) is 27.8 Å². The minimum Gasteiger partial charge on any atom is -0.494 e. The molecule has 0 N–H and O–H groups in total. The Bertz CT molecular complexity index is 1000. The Balaban J connectivity index is 1.47. The van der Waals surface area contributed by atoms with Gasteiger partial charge in [-0.1, -0.05) is 74.0 Å². The molecule has 0 aliphatic carbocycles. The van der Waals surface area contributed by atoms with E-state index in [0.717, 1.165) is 43.9 Å². The molecule has 0 atom stereocenters. The van der Waals surface area contributed by atoms with Gasteiger partial charge in [0, 0.05) is 12.1 Å². The summed E-state index contributed by atoms with van der Waals surface area (Å²) >= 11 is 0. The maximum atomic E-state index is 5.87. The van der Waals surface area contributed by atoms with Crippen LogP contribution in [0.2, 0.25) is 0 Å². The van der Waals surface area contributed by atoms with Crippen LogP contribution in [0.3, 0.4) is 0 Å². The fourth-order valence-corrected chi connectivity index (χ4v) is 3.57. The predicted octanol–water partition coefficient (Wildman–Crippen LogP) is 6.59. The minimum atomic E-state index is 0.787. The van der Waals surface area contributed by atoms with Gasteiger partial charge in [-0.2, -0.15) is 0 Å². The van der Waals surface area contributed by atoms with E-state index in [2.05, 4.69) is 85.8 Å². The molecule has 1 heterocycles. The maximum Gasteiger partial charge on any atom is 0.119 e. The Labute approximate surface area is 173 Å². The average Bonchev–Trinajstić information content (AvgIpc) is 2.78. The number of aliphatic imine (C=N–C) groups is 1. The third-order valence-corrected chi connectivity index (χ3v) is 5.23. The van der Waals surface area contributed by atoms with Crippen LogP contribution in [0, 0.1) is 0 Å². The van der Waals surface area contributed by atoms with Crippen LogP contribution in [-0.2, 0) is 6.42 Å². The first kappa shape index (κ1) is 19.2. The summed E-state index contributed by atoms with van der Waals surface area (Å²) in [6.07, 6.45) is 7.50. The van der Waals surface area contributed by atoms with Crippen LogP contribution in [0.5, 0.6) is 5.75 Å². The van der Waals surface area contributed by atoms with Gasteiger partial charge in [0.15, 0.2) is 0 Å². The van der Waals surface area contributed by atoms with E-state index in [0.29, 0.717) is 0 Å². The summed E-state index contributed by atoms with van der Waals surface area (Å²) in [5, 5.41) is 0. The van der Waals surface area contributed by atoms with Crippen LogP contribution in [0.25, 0.3) is 17.2 Å². The summed E-state index contributed by atoms with van der Waals surface area (Å²) in [5.74, 6) is 0.971. The molecule has 3 aromatic carbocycles. The van der Waals surface area contributed by atoms with Crippen molar-refractivity contribution in [2.45, 2.75) is 26.2 Å². The van der Waals surface area contributed by atoms with Gasteiger partial charge in [-0.15, -0.1) is 0 Å². The number of hydrogen-bond donors (Lipinski definition) is 0. The molecule has 146 valence electrons. The standard InChI is InChI=1S/C27H27NO/c1-2-3-19-29-25-14-15-26-24(20-25)17-18-28-27(26)16-11-21-9-12-23(13-10-21)22-7-5-4-6-8-22/h4-16,20H,2-3,17-19H2,1H3. The topological polar surface area (TPSA) is 21.6 Å². The summed E-state index contributed by atoms with van der Waals surface area (Å²) in [5.41, 5.74) is 7.26. The van der Waals surface area contributed by atoms with E-state index in [4.69, 9.17) is 9.73 Å². The molecule has 29 heavy (non-hydrogen) atoms. The number of rotatable bonds is 7. The number of unbranched alkanes of at least 4 members (excludes halogenated alkanes) is 1. The summed E-state index contributed by atoms with van der Waals surface area (Å²) in [6.45, 7) is 3.80. The number of allylic oxidation sites excluding steroid dienone is 1. The Morgan fingerprint density at radius 1 is 0.897 bits per heavy atom. The summed E-state index contributed by atoms with van der Waals surface area (Å²) < 4.78 is 5.87. The zero-order valence-corrected chi connectivity index (χ0v) is 17.0. The van der Waals surface area contributed by atoms with Crippen LogP contribution in [-0.4, -0.2) is 18.9 Å². The van der Waals surface area contributed by atoms with Crippen molar-refractivity contribution < 1.29 is 4.74 Å². The van der Waals surface area contributed by atoms with Gasteiger partial charge in [-0.05, 0) is 59.4 Å². The van der Waals surface area contributed by atoms with Gasteiger partial charge in [0.05, 0.1) is 12.3 Å². The normalized spacial score (nSPS) is 13.2. The third-order valence-electron chi connectivity index (χ3n) is 5.23. The molecule has 0 bridgehead atoms. The molecule has 0 spiro atoms. The van der Waals surface area contributed by atoms with Crippen molar-refractivity contribution in [3.8, 4) is 16.9 Å². The van der Waals surface area contributed by atoms with Crippen molar-refractivity contribution in [2.24, 2.45) is 4.99 Å². The van der Waals surface area contributed by atoms with E-state index in [1.54, 1.807) is 0 Å². The van der Waals surface area contributed by atoms with Gasteiger partial charge in [0.2, 0.25) is 0 Å². The van der Waals surface area contributed by atoms with Gasteiger partial charge < -0.3 is 4.74 Å². The molecule has 1 aliphatic heterocycles. The highest BCUT2D eigenvalue weighted by molar-refractivity contribution is 6.12. The SMILES string of the molecule is CCCCOc1ccc2c(c1)CCN=C2C=Cc1ccc(-c2ccccc2)cc1. The van der Waals surface area contributed by atoms with Gasteiger partial charge in [0.1, 0.15) is 5.75 Å². The first-order valence-corrected chi connectivity index (χ1v) is 10.5. The van der Waals surface area contributed by atoms with Gasteiger partial charge >= 0.3 is 0 Å². The molecule has 0 saturated carbocycles. The molecule has 0 saturated heterocycles. The highest BCUT2D eigenvalue weighted by Gasteiger charge is 2.13. The summed E-state index contributed by atoms with van der Waals surface area (Å²) in [7, 11) is 0. The fraction of sp³-hybridized carbons (Fsp3) is 0.222. The first-order valence-electron chi connectivity index (χ1n) is 10.5. The second kappa shape index (κ2) is 9.38. The van der Waals surface area contributed by atoms with E-state index in [1.807, 2.05) is 6.07 Å². The lowest BCUT2D eigenvalue weighted by Crippen LogP contribution is -2.11. The van der Waals surface area contributed by atoms with Crippen molar-refractivity contribution in [3.05, 3.63) is 95.6 Å². The van der Waals surface area contributed by atoms with Crippen molar-refractivity contribution in [1.82, 2.24) is 0 Å². The molecule has 0 amide bonds. The quantitative estimate of drug-likeness (QED) is 0.423. The second-order valence-electron chi connectivity index (χ2n) is 7.36. The second-order valence-corrected chi connectivity index (χ2v) is 7.36. The summed E-state index contributed by atoms with van der Waals surface area (Å²) in [4.78, 5) is 4.75. The van der Waals surface area contributed by atoms with E-state index in [-0.39, 0.29) is 0 Å². The molecule has 0 unspecified atom stereocenters. The lowest BCUT2D eigenvalue weighted by Gasteiger charge is -2.16. The van der Waals surface area contributed by atoms with Crippen molar-refractivity contribution in [3.63, 3.8) is 0 Å². The van der Waals surface area contributed by atoms with Crippen molar-refractivity contribution in [1.29, 1.82) is 0 Å². The van der Waals surface area contributed by atoms with E-state index >= 15 is 0 Å². The van der Waals surface area contributed by atoms with Crippen molar-refractivity contribution in [2.75, 3.05) is 13.2 Å². The lowest BCUT2D eigenvalue weighted by atomic mass is 9.96. The highest BCUT2D eigenvalue weighted by atomic mass is 16.5. The van der Waals surface area contributed by atoms with Crippen LogP contribution in [0.1, 0.15) is 36.5 Å². The highest BCUT2D eigenvalue weighted by Crippen LogP contribution is 2.24. The van der Waals surface area contributed by atoms with Crippen molar-refractivity contribution >= 4 is 11.8 Å². The Hall–Kier alpha value is -3.13. The molecule has 1 aliphatic rings. The molecule has 0 aromatic heterocycles. The maximum absolute atomic E-state index is 5.87. The van der Waals surface area contributed by atoms with Crippen LogP contribution >= 0.6 is 0 Å². The number of fused-ring (bicyclic) bond motifs is 1. The largest absolute Gasteiger partial charge is 0.494 e. The number of ether oxygens (including phenoxy) is 1. The zero-order valence-electron chi connectivity index (χ0n) is 17.0. The van der Waals surface area contributed by atoms with Gasteiger partial charge in [0.25, 0.3) is 0 Å². The smallest absolute Gasteiger partial charge is 0.119 e. The van der Waals surface area contributed by atoms with Crippen LogP contribution < -0.4 is 4.74 Å². The Morgan fingerprint density at radius 2 is 1.69 bits per heavy atom. The van der Waals surface area contributed by atoms with Crippen LogP contribution in [0.15, 0.2) is 83.9 Å². The molecular formula is C27H27NO. The lowest BCUT2D eigenvalue weighted by molar-refractivity contribution is 0.309. The molecule has 0 radical (unpaired) electrons. The molecule has 2 nitrogen and oxygen atoms in total. The third kappa shape index (κ3) is 4.83. The zero-order chi connectivity index (χ0) is 19.9. The molecule has 4 rings (SSSR count). The fourth-order valence-electron chi connectivity index (χ4n) is 3.57. The Kier molecular flexibility index (Phi) is 6.21. The van der Waals surface area contributed by atoms with E-state index in [9.17, 15) is 0 Å². The molecule has 3 aromatic rings. The minimum absolute atomic E-state index is 0.787. The molecule has 0 fully saturated rings. The van der Waals surface area contributed by atoms with Gasteiger partial charge in [-0.3, -0.25) is 4.99 Å². The average molecular weight is 382 g/mol.